The van der Waals surface area contributed by atoms with Gasteiger partial charge in [0.05, 0.1) is 18.3 Å². The summed E-state index contributed by atoms with van der Waals surface area (Å²) in [7, 11) is 0. The lowest BCUT2D eigenvalue weighted by atomic mass is 10.1. The number of hydrogen-bond acceptors (Lipinski definition) is 5. The minimum absolute atomic E-state index is 0.0502. The SMILES string of the molecule is C=C1OCCC/C1=N/Nc1ccc(C[C@H]2COC(=O)N2)cc1. The maximum absolute atomic E-state index is 11.0. The van der Waals surface area contributed by atoms with E-state index in [2.05, 4.69) is 22.4 Å². The van der Waals surface area contributed by atoms with Crippen molar-refractivity contribution < 1.29 is 14.3 Å². The van der Waals surface area contributed by atoms with E-state index in [1.807, 2.05) is 24.3 Å². The zero-order chi connectivity index (χ0) is 15.4. The Kier molecular flexibility index (Phi) is 4.27. The third-order valence-electron chi connectivity index (χ3n) is 3.65. The second kappa shape index (κ2) is 6.51. The highest BCUT2D eigenvalue weighted by Gasteiger charge is 2.22. The van der Waals surface area contributed by atoms with Crippen LogP contribution in [0.25, 0.3) is 0 Å². The van der Waals surface area contributed by atoms with Crippen molar-refractivity contribution in [3.8, 4) is 0 Å². The molecule has 2 fully saturated rings. The number of hydrogen-bond donors (Lipinski definition) is 2. The molecule has 22 heavy (non-hydrogen) atoms. The molecule has 2 N–H and O–H groups in total. The third-order valence-corrected chi connectivity index (χ3v) is 3.65. The van der Waals surface area contributed by atoms with Crippen molar-refractivity contribution in [3.05, 3.63) is 42.2 Å². The summed E-state index contributed by atoms with van der Waals surface area (Å²) in [6, 6.07) is 8.00. The van der Waals surface area contributed by atoms with Crippen LogP contribution in [0.1, 0.15) is 18.4 Å². The van der Waals surface area contributed by atoms with Crippen molar-refractivity contribution in [2.75, 3.05) is 18.6 Å². The molecule has 3 rings (SSSR count). The molecule has 6 heteroatoms. The maximum atomic E-state index is 11.0. The van der Waals surface area contributed by atoms with Gasteiger partial charge in [0.1, 0.15) is 18.1 Å². The van der Waals surface area contributed by atoms with E-state index >= 15 is 0 Å². The van der Waals surface area contributed by atoms with Gasteiger partial charge in [-0.3, -0.25) is 5.43 Å². The minimum atomic E-state index is -0.339. The van der Waals surface area contributed by atoms with Gasteiger partial charge in [0.15, 0.2) is 0 Å². The Morgan fingerprint density at radius 2 is 2.14 bits per heavy atom. The van der Waals surface area contributed by atoms with E-state index in [0.717, 1.165) is 36.2 Å². The molecule has 2 saturated heterocycles. The van der Waals surface area contributed by atoms with E-state index in [1.54, 1.807) is 0 Å². The summed E-state index contributed by atoms with van der Waals surface area (Å²) in [4.78, 5) is 11.0. The number of rotatable bonds is 4. The lowest BCUT2D eigenvalue weighted by Crippen LogP contribution is -2.28. The fourth-order valence-electron chi connectivity index (χ4n) is 2.44. The monoisotopic (exact) mass is 301 g/mol. The van der Waals surface area contributed by atoms with Crippen molar-refractivity contribution in [2.24, 2.45) is 5.10 Å². The predicted molar refractivity (Wildman–Crippen MR) is 83.8 cm³/mol. The van der Waals surface area contributed by atoms with Gasteiger partial charge in [-0.2, -0.15) is 5.10 Å². The molecular weight excluding hydrogens is 282 g/mol. The normalized spacial score (nSPS) is 22.9. The molecular formula is C16H19N3O3. The molecule has 1 atom stereocenters. The second-order valence-corrected chi connectivity index (χ2v) is 5.39. The first-order chi connectivity index (χ1) is 10.7. The number of carbonyl (C=O) groups is 1. The summed E-state index contributed by atoms with van der Waals surface area (Å²) in [6.07, 6.45) is 2.26. The number of benzene rings is 1. The summed E-state index contributed by atoms with van der Waals surface area (Å²) in [6.45, 7) is 4.99. The molecule has 116 valence electrons. The number of cyclic esters (lactones) is 1. The summed E-state index contributed by atoms with van der Waals surface area (Å²) >= 11 is 0. The van der Waals surface area contributed by atoms with Crippen molar-refractivity contribution in [2.45, 2.75) is 25.3 Å². The number of nitrogens with zero attached hydrogens (tertiary/aromatic N) is 1. The summed E-state index contributed by atoms with van der Waals surface area (Å²) in [5.41, 5.74) is 5.93. The van der Waals surface area contributed by atoms with Crippen LogP contribution in [0.2, 0.25) is 0 Å². The molecule has 0 radical (unpaired) electrons. The molecule has 0 spiro atoms. The fourth-order valence-corrected chi connectivity index (χ4v) is 2.44. The van der Waals surface area contributed by atoms with Gasteiger partial charge < -0.3 is 14.8 Å². The standard InChI is InChI=1S/C16H19N3O3/c1-11-15(3-2-8-21-11)19-18-13-6-4-12(5-7-13)9-14-10-22-16(20)17-14/h4-7,14,18H,1-3,8-10H2,(H,17,20)/b19-15-/t14-/m0/s1. The van der Waals surface area contributed by atoms with Gasteiger partial charge in [-0.1, -0.05) is 18.7 Å². The predicted octanol–water partition coefficient (Wildman–Crippen LogP) is 2.43. The highest BCUT2D eigenvalue weighted by molar-refractivity contribution is 5.98. The Labute approximate surface area is 129 Å². The van der Waals surface area contributed by atoms with Crippen LogP contribution in [0.3, 0.4) is 0 Å². The fraction of sp³-hybridized carbons (Fsp3) is 0.375. The number of hydrazone groups is 1. The molecule has 1 aromatic carbocycles. The molecule has 0 aromatic heterocycles. The lowest BCUT2D eigenvalue weighted by Gasteiger charge is -2.17. The van der Waals surface area contributed by atoms with Crippen molar-refractivity contribution >= 4 is 17.5 Å². The maximum Gasteiger partial charge on any atom is 0.407 e. The van der Waals surface area contributed by atoms with Crippen molar-refractivity contribution in [3.63, 3.8) is 0 Å². The third kappa shape index (κ3) is 3.58. The van der Waals surface area contributed by atoms with E-state index in [1.165, 1.54) is 0 Å². The van der Waals surface area contributed by atoms with Crippen molar-refractivity contribution in [1.29, 1.82) is 0 Å². The van der Waals surface area contributed by atoms with Gasteiger partial charge >= 0.3 is 6.09 Å². The minimum Gasteiger partial charge on any atom is -0.492 e. The summed E-state index contributed by atoms with van der Waals surface area (Å²) < 4.78 is 10.2. The van der Waals surface area contributed by atoms with Gasteiger partial charge in [-0.05, 0) is 37.0 Å². The van der Waals surface area contributed by atoms with Gasteiger partial charge in [0.25, 0.3) is 0 Å². The molecule has 0 saturated carbocycles. The van der Waals surface area contributed by atoms with Crippen LogP contribution in [-0.4, -0.2) is 31.1 Å². The Balaban J connectivity index is 1.56. The number of nitrogens with one attached hydrogen (secondary N) is 2. The van der Waals surface area contributed by atoms with Crippen LogP contribution < -0.4 is 10.7 Å². The first-order valence-corrected chi connectivity index (χ1v) is 7.37. The molecule has 6 nitrogen and oxygen atoms in total. The van der Waals surface area contributed by atoms with E-state index < -0.39 is 0 Å². The molecule has 1 amide bonds. The topological polar surface area (TPSA) is 71.9 Å². The molecule has 1 aromatic rings. The first kappa shape index (κ1) is 14.4. The number of allylic oxidation sites excluding steroid dienone is 1. The average Bonchev–Trinajstić information content (AvgIpc) is 2.93. The molecule has 0 aliphatic carbocycles. The quantitative estimate of drug-likeness (QED) is 0.838. The lowest BCUT2D eigenvalue weighted by molar-refractivity contribution is 0.177. The second-order valence-electron chi connectivity index (χ2n) is 5.39. The first-order valence-electron chi connectivity index (χ1n) is 7.37. The van der Waals surface area contributed by atoms with E-state index in [0.29, 0.717) is 19.0 Å². The Bertz CT molecular complexity index is 595. The summed E-state index contributed by atoms with van der Waals surface area (Å²) in [5, 5.41) is 7.11. The zero-order valence-electron chi connectivity index (χ0n) is 12.3. The van der Waals surface area contributed by atoms with Crippen LogP contribution in [0.15, 0.2) is 41.7 Å². The Morgan fingerprint density at radius 3 is 2.82 bits per heavy atom. The van der Waals surface area contributed by atoms with Crippen LogP contribution in [0.5, 0.6) is 0 Å². The van der Waals surface area contributed by atoms with Crippen LogP contribution >= 0.6 is 0 Å². The molecule has 0 unspecified atom stereocenters. The average molecular weight is 301 g/mol. The Morgan fingerprint density at radius 1 is 1.32 bits per heavy atom. The van der Waals surface area contributed by atoms with Crippen molar-refractivity contribution in [1.82, 2.24) is 5.32 Å². The van der Waals surface area contributed by atoms with E-state index in [4.69, 9.17) is 9.47 Å². The van der Waals surface area contributed by atoms with Gasteiger partial charge in [0, 0.05) is 0 Å². The molecule has 2 heterocycles. The molecule has 2 aliphatic rings. The summed E-state index contributed by atoms with van der Waals surface area (Å²) in [5.74, 6) is 0.646. The number of anilines is 1. The van der Waals surface area contributed by atoms with Gasteiger partial charge in [0.2, 0.25) is 0 Å². The van der Waals surface area contributed by atoms with Gasteiger partial charge in [-0.15, -0.1) is 0 Å². The number of ether oxygens (including phenoxy) is 2. The number of carbonyl (C=O) groups excluding carboxylic acids is 1. The number of alkyl carbamates (subject to hydrolysis) is 1. The highest BCUT2D eigenvalue weighted by atomic mass is 16.6. The molecule has 0 bridgehead atoms. The van der Waals surface area contributed by atoms with Gasteiger partial charge in [-0.25, -0.2) is 4.79 Å². The van der Waals surface area contributed by atoms with Crippen LogP contribution in [0, 0.1) is 0 Å². The van der Waals surface area contributed by atoms with Crippen LogP contribution in [0.4, 0.5) is 10.5 Å². The number of amides is 1. The zero-order valence-corrected chi connectivity index (χ0v) is 12.3. The smallest absolute Gasteiger partial charge is 0.407 e. The van der Waals surface area contributed by atoms with E-state index in [9.17, 15) is 4.79 Å². The Hall–Kier alpha value is -2.50. The largest absolute Gasteiger partial charge is 0.492 e. The molecule has 2 aliphatic heterocycles. The highest BCUT2D eigenvalue weighted by Crippen LogP contribution is 2.15. The van der Waals surface area contributed by atoms with E-state index in [-0.39, 0.29) is 12.1 Å². The van der Waals surface area contributed by atoms with Crippen LogP contribution in [-0.2, 0) is 15.9 Å².